The number of piperidine rings is 1. The molecule has 2 fully saturated rings. The number of hydrogen-bond acceptors (Lipinski definition) is 4. The lowest BCUT2D eigenvalue weighted by Crippen LogP contribution is -2.58. The summed E-state index contributed by atoms with van der Waals surface area (Å²) in [5, 5.41) is 3.36. The number of nitrogens with zero attached hydrogens (tertiary/aromatic N) is 2. The van der Waals surface area contributed by atoms with E-state index in [1.807, 2.05) is 6.07 Å². The highest BCUT2D eigenvalue weighted by Gasteiger charge is 2.42. The molecule has 2 aliphatic rings. The van der Waals surface area contributed by atoms with Crippen molar-refractivity contribution in [2.24, 2.45) is 5.92 Å². The fourth-order valence-electron chi connectivity index (χ4n) is 4.07. The zero-order valence-corrected chi connectivity index (χ0v) is 15.8. The fraction of sp³-hybridized carbons (Fsp3) is 0.650. The van der Waals surface area contributed by atoms with Gasteiger partial charge in [0.05, 0.1) is 0 Å². The number of likely N-dealkylation sites (N-methyl/N-ethyl adjacent to an activating group) is 1. The van der Waals surface area contributed by atoms with Crippen LogP contribution in [-0.4, -0.2) is 68.2 Å². The highest BCUT2D eigenvalue weighted by Crippen LogP contribution is 2.30. The second-order valence-electron chi connectivity index (χ2n) is 7.77. The maximum Gasteiger partial charge on any atom is 0.247 e. The zero-order valence-electron chi connectivity index (χ0n) is 15.8. The first-order valence-corrected chi connectivity index (χ1v) is 9.54. The summed E-state index contributed by atoms with van der Waals surface area (Å²) in [6.07, 6.45) is 3.70. The first-order valence-electron chi connectivity index (χ1n) is 9.54. The topological polar surface area (TPSA) is 44.8 Å². The molecule has 5 nitrogen and oxygen atoms in total. The van der Waals surface area contributed by atoms with Gasteiger partial charge in [-0.15, -0.1) is 0 Å². The van der Waals surface area contributed by atoms with Gasteiger partial charge in [0.25, 0.3) is 0 Å². The second kappa shape index (κ2) is 8.35. The third-order valence-corrected chi connectivity index (χ3v) is 5.59. The molecule has 26 heavy (non-hydrogen) atoms. The monoisotopic (exact) mass is 363 g/mol. The van der Waals surface area contributed by atoms with Crippen LogP contribution in [0.15, 0.2) is 24.3 Å². The molecule has 2 heterocycles. The van der Waals surface area contributed by atoms with Gasteiger partial charge in [-0.25, -0.2) is 4.39 Å². The van der Waals surface area contributed by atoms with Crippen LogP contribution in [0.4, 0.5) is 10.1 Å². The summed E-state index contributed by atoms with van der Waals surface area (Å²) < 4.78 is 19.0. The van der Waals surface area contributed by atoms with Crippen LogP contribution >= 0.6 is 0 Å². The molecule has 0 aromatic heterocycles. The van der Waals surface area contributed by atoms with Crippen molar-refractivity contribution in [2.75, 3.05) is 52.3 Å². The van der Waals surface area contributed by atoms with Gasteiger partial charge in [0.15, 0.2) is 0 Å². The van der Waals surface area contributed by atoms with Crippen molar-refractivity contribution < 1.29 is 13.9 Å². The van der Waals surface area contributed by atoms with Crippen molar-refractivity contribution in [3.8, 4) is 0 Å². The van der Waals surface area contributed by atoms with E-state index in [4.69, 9.17) is 4.74 Å². The Morgan fingerprint density at radius 2 is 2.00 bits per heavy atom. The average Bonchev–Trinajstić information content (AvgIpc) is 2.64. The summed E-state index contributed by atoms with van der Waals surface area (Å²) in [6, 6.07) is 6.37. The molecule has 1 amide bonds. The molecule has 144 valence electrons. The number of halogens is 1. The van der Waals surface area contributed by atoms with Crippen LogP contribution in [0.25, 0.3) is 0 Å². The SMILES string of the molecule is CN(C)C(=O)C1(Nc2cccc(F)c2)CCN(CC2CCOCC2)CC1. The van der Waals surface area contributed by atoms with Crippen LogP contribution < -0.4 is 5.32 Å². The van der Waals surface area contributed by atoms with Gasteiger partial charge < -0.3 is 19.9 Å². The summed E-state index contributed by atoms with van der Waals surface area (Å²) in [6.45, 7) is 4.55. The number of hydrogen-bond donors (Lipinski definition) is 1. The normalized spacial score (nSPS) is 21.3. The predicted molar refractivity (Wildman–Crippen MR) is 101 cm³/mol. The van der Waals surface area contributed by atoms with E-state index in [2.05, 4.69) is 10.2 Å². The van der Waals surface area contributed by atoms with Crippen molar-refractivity contribution in [3.63, 3.8) is 0 Å². The standard InChI is InChI=1S/C20H30FN3O2/c1-23(2)19(25)20(22-18-5-3-4-17(21)14-18)8-10-24(11-9-20)15-16-6-12-26-13-7-16/h3-5,14,16,22H,6-13,15H2,1-2H3. The van der Waals surface area contributed by atoms with Crippen LogP contribution in [-0.2, 0) is 9.53 Å². The number of anilines is 1. The maximum absolute atomic E-state index is 13.6. The Bertz CT molecular complexity index is 609. The molecule has 6 heteroatoms. The van der Waals surface area contributed by atoms with E-state index in [-0.39, 0.29) is 11.7 Å². The molecule has 1 aromatic carbocycles. The highest BCUT2D eigenvalue weighted by atomic mass is 19.1. The van der Waals surface area contributed by atoms with Gasteiger partial charge in [-0.1, -0.05) is 6.07 Å². The Morgan fingerprint density at radius 3 is 2.62 bits per heavy atom. The lowest BCUT2D eigenvalue weighted by molar-refractivity contribution is -0.135. The minimum absolute atomic E-state index is 0.0625. The Morgan fingerprint density at radius 1 is 1.31 bits per heavy atom. The van der Waals surface area contributed by atoms with Gasteiger partial charge >= 0.3 is 0 Å². The van der Waals surface area contributed by atoms with Crippen molar-refractivity contribution in [1.29, 1.82) is 0 Å². The van der Waals surface area contributed by atoms with Crippen molar-refractivity contribution in [1.82, 2.24) is 9.80 Å². The molecular formula is C20H30FN3O2. The number of carbonyl (C=O) groups is 1. The first kappa shape index (κ1) is 19.1. The van der Waals surface area contributed by atoms with Crippen LogP contribution in [0.3, 0.4) is 0 Å². The van der Waals surface area contributed by atoms with Gasteiger partial charge in [-0.3, -0.25) is 4.79 Å². The minimum atomic E-state index is -0.663. The molecule has 0 unspecified atom stereocenters. The van der Waals surface area contributed by atoms with Gasteiger partial charge in [-0.05, 0) is 49.8 Å². The number of rotatable bonds is 5. The summed E-state index contributed by atoms with van der Waals surface area (Å²) in [4.78, 5) is 17.0. The molecule has 0 bridgehead atoms. The number of amides is 1. The van der Waals surface area contributed by atoms with E-state index >= 15 is 0 Å². The second-order valence-corrected chi connectivity index (χ2v) is 7.77. The van der Waals surface area contributed by atoms with Gasteiger partial charge in [-0.2, -0.15) is 0 Å². The van der Waals surface area contributed by atoms with E-state index in [9.17, 15) is 9.18 Å². The molecule has 0 atom stereocenters. The Balaban J connectivity index is 1.67. The first-order chi connectivity index (χ1) is 12.5. The smallest absolute Gasteiger partial charge is 0.247 e. The summed E-state index contributed by atoms with van der Waals surface area (Å²) in [5.74, 6) is 0.462. The predicted octanol–water partition coefficient (Wildman–Crippen LogP) is 2.59. The Labute approximate surface area is 155 Å². The van der Waals surface area contributed by atoms with Gasteiger partial charge in [0, 0.05) is 52.6 Å². The number of carbonyl (C=O) groups excluding carboxylic acids is 1. The fourth-order valence-corrected chi connectivity index (χ4v) is 4.07. The number of benzene rings is 1. The molecule has 0 aliphatic carbocycles. The number of nitrogens with one attached hydrogen (secondary N) is 1. The van der Waals surface area contributed by atoms with Crippen LogP contribution in [0.5, 0.6) is 0 Å². The van der Waals surface area contributed by atoms with Crippen LogP contribution in [0.1, 0.15) is 25.7 Å². The molecule has 0 spiro atoms. The van der Waals surface area contributed by atoms with Gasteiger partial charge in [0.2, 0.25) is 5.91 Å². The summed E-state index contributed by atoms with van der Waals surface area (Å²) in [5.41, 5.74) is 0.00166. The van der Waals surface area contributed by atoms with E-state index in [1.54, 1.807) is 25.1 Å². The molecular weight excluding hydrogens is 333 g/mol. The minimum Gasteiger partial charge on any atom is -0.381 e. The van der Waals surface area contributed by atoms with E-state index in [1.165, 1.54) is 12.1 Å². The molecule has 2 saturated heterocycles. The largest absolute Gasteiger partial charge is 0.381 e. The third-order valence-electron chi connectivity index (χ3n) is 5.59. The van der Waals surface area contributed by atoms with Crippen molar-refractivity contribution in [2.45, 2.75) is 31.2 Å². The lowest BCUT2D eigenvalue weighted by atomic mass is 9.85. The molecule has 0 saturated carbocycles. The molecule has 1 aromatic rings. The maximum atomic E-state index is 13.6. The molecule has 2 aliphatic heterocycles. The highest BCUT2D eigenvalue weighted by molar-refractivity contribution is 5.89. The Kier molecular flexibility index (Phi) is 6.14. The van der Waals surface area contributed by atoms with E-state index in [0.29, 0.717) is 11.6 Å². The summed E-state index contributed by atoms with van der Waals surface area (Å²) >= 11 is 0. The van der Waals surface area contributed by atoms with E-state index < -0.39 is 5.54 Å². The molecule has 0 radical (unpaired) electrons. The third kappa shape index (κ3) is 4.54. The van der Waals surface area contributed by atoms with Crippen molar-refractivity contribution in [3.05, 3.63) is 30.1 Å². The Hall–Kier alpha value is -1.66. The average molecular weight is 363 g/mol. The number of likely N-dealkylation sites (tertiary alicyclic amines) is 1. The number of ether oxygens (including phenoxy) is 1. The molecule has 3 rings (SSSR count). The van der Waals surface area contributed by atoms with Gasteiger partial charge in [0.1, 0.15) is 11.4 Å². The zero-order chi connectivity index (χ0) is 18.6. The summed E-state index contributed by atoms with van der Waals surface area (Å²) in [7, 11) is 3.57. The van der Waals surface area contributed by atoms with Crippen LogP contribution in [0.2, 0.25) is 0 Å². The lowest BCUT2D eigenvalue weighted by Gasteiger charge is -2.44. The van der Waals surface area contributed by atoms with Crippen molar-refractivity contribution >= 4 is 11.6 Å². The van der Waals surface area contributed by atoms with E-state index in [0.717, 1.165) is 58.5 Å². The quantitative estimate of drug-likeness (QED) is 0.873. The molecule has 1 N–H and O–H groups in total. The van der Waals surface area contributed by atoms with Crippen LogP contribution in [0, 0.1) is 11.7 Å².